The fourth-order valence-electron chi connectivity index (χ4n) is 3.07. The number of aromatic nitrogens is 3. The van der Waals surface area contributed by atoms with Crippen LogP contribution >= 0.6 is 0 Å². The minimum absolute atomic E-state index is 0.0457. The van der Waals surface area contributed by atoms with Crippen LogP contribution in [0.2, 0.25) is 0 Å². The molecule has 3 nitrogen and oxygen atoms in total. The van der Waals surface area contributed by atoms with Crippen molar-refractivity contribution in [2.24, 2.45) is 0 Å². The second-order valence-electron chi connectivity index (χ2n) is 7.26. The van der Waals surface area contributed by atoms with Gasteiger partial charge in [-0.15, -0.1) is 10.2 Å². The van der Waals surface area contributed by atoms with Crippen molar-refractivity contribution in [3.8, 4) is 17.1 Å². The summed E-state index contributed by atoms with van der Waals surface area (Å²) in [5.74, 6) is 1.92. The molecule has 1 aromatic heterocycles. The van der Waals surface area contributed by atoms with Crippen LogP contribution in [-0.4, -0.2) is 14.8 Å². The van der Waals surface area contributed by atoms with Gasteiger partial charge in [-0.25, -0.2) is 0 Å². The third kappa shape index (κ3) is 3.23. The summed E-state index contributed by atoms with van der Waals surface area (Å²) in [5, 5.41) is 9.18. The van der Waals surface area contributed by atoms with Crippen LogP contribution in [0.4, 0.5) is 0 Å². The van der Waals surface area contributed by atoms with E-state index >= 15 is 0 Å². The molecular weight excluding hydrogens is 306 g/mol. The van der Waals surface area contributed by atoms with Crippen molar-refractivity contribution in [1.29, 1.82) is 0 Å². The van der Waals surface area contributed by atoms with E-state index in [1.54, 1.807) is 0 Å². The topological polar surface area (TPSA) is 30.7 Å². The van der Waals surface area contributed by atoms with Crippen molar-refractivity contribution in [2.45, 2.75) is 52.9 Å². The number of nitrogens with zero attached hydrogens (tertiary/aromatic N) is 3. The highest BCUT2D eigenvalue weighted by atomic mass is 15.3. The summed E-state index contributed by atoms with van der Waals surface area (Å²) in [6.07, 6.45) is 2.05. The Hall–Kier alpha value is -2.42. The summed E-state index contributed by atoms with van der Waals surface area (Å²) in [6.45, 7) is 11.0. The van der Waals surface area contributed by atoms with Crippen molar-refractivity contribution < 1.29 is 0 Å². The second kappa shape index (κ2) is 6.83. The van der Waals surface area contributed by atoms with Crippen LogP contribution in [0.25, 0.3) is 17.1 Å². The lowest BCUT2D eigenvalue weighted by molar-refractivity contribution is 0.464. The van der Waals surface area contributed by atoms with Gasteiger partial charge in [-0.2, -0.15) is 0 Å². The van der Waals surface area contributed by atoms with E-state index in [0.29, 0.717) is 0 Å². The Bertz CT molecular complexity index is 860. The van der Waals surface area contributed by atoms with Crippen LogP contribution in [0.5, 0.6) is 0 Å². The Morgan fingerprint density at radius 1 is 0.960 bits per heavy atom. The predicted molar refractivity (Wildman–Crippen MR) is 104 cm³/mol. The van der Waals surface area contributed by atoms with Gasteiger partial charge in [-0.3, -0.25) is 4.57 Å². The molecule has 130 valence electrons. The van der Waals surface area contributed by atoms with E-state index in [4.69, 9.17) is 0 Å². The van der Waals surface area contributed by atoms with Crippen molar-refractivity contribution in [3.63, 3.8) is 0 Å². The van der Waals surface area contributed by atoms with Gasteiger partial charge in [-0.05, 0) is 37.0 Å². The minimum Gasteiger partial charge on any atom is -0.278 e. The van der Waals surface area contributed by atoms with Gasteiger partial charge in [0.15, 0.2) is 5.82 Å². The number of hydrogen-bond acceptors (Lipinski definition) is 2. The quantitative estimate of drug-likeness (QED) is 0.618. The monoisotopic (exact) mass is 333 g/mol. The fraction of sp³-hybridized carbons (Fsp3) is 0.364. The highest BCUT2D eigenvalue weighted by molar-refractivity contribution is 5.60. The van der Waals surface area contributed by atoms with Crippen molar-refractivity contribution in [1.82, 2.24) is 14.8 Å². The van der Waals surface area contributed by atoms with E-state index in [1.807, 2.05) is 18.2 Å². The van der Waals surface area contributed by atoms with Gasteiger partial charge in [0.1, 0.15) is 5.82 Å². The summed E-state index contributed by atoms with van der Waals surface area (Å²) < 4.78 is 2.24. The average Bonchev–Trinajstić information content (AvgIpc) is 3.08. The lowest BCUT2D eigenvalue weighted by Crippen LogP contribution is -2.22. The Kier molecular flexibility index (Phi) is 4.76. The molecule has 0 unspecified atom stereocenters. The van der Waals surface area contributed by atoms with Crippen LogP contribution < -0.4 is 0 Å². The second-order valence-corrected chi connectivity index (χ2v) is 7.26. The Morgan fingerprint density at radius 3 is 2.28 bits per heavy atom. The van der Waals surface area contributed by atoms with Gasteiger partial charge >= 0.3 is 0 Å². The van der Waals surface area contributed by atoms with E-state index in [0.717, 1.165) is 35.7 Å². The zero-order valence-corrected chi connectivity index (χ0v) is 15.9. The van der Waals surface area contributed by atoms with Crippen LogP contribution in [0, 0.1) is 6.92 Å². The number of hydrogen-bond donors (Lipinski definition) is 0. The highest BCUT2D eigenvalue weighted by Gasteiger charge is 2.28. The molecular formula is C22H27N3. The molecule has 0 saturated heterocycles. The van der Waals surface area contributed by atoms with Gasteiger partial charge in [0.25, 0.3) is 0 Å². The molecule has 0 amide bonds. The number of benzene rings is 2. The maximum absolute atomic E-state index is 4.61. The molecule has 0 N–H and O–H groups in total. The Morgan fingerprint density at radius 2 is 1.68 bits per heavy atom. The van der Waals surface area contributed by atoms with Crippen LogP contribution in [0.15, 0.2) is 48.5 Å². The Labute approximate surface area is 150 Å². The number of rotatable bonds is 5. The third-order valence-electron chi connectivity index (χ3n) is 5.09. The zero-order valence-electron chi connectivity index (χ0n) is 15.9. The van der Waals surface area contributed by atoms with Crippen molar-refractivity contribution >= 4 is 0 Å². The number of aryl methyl sites for hydroxylation is 2. The molecule has 0 atom stereocenters. The largest absolute Gasteiger partial charge is 0.278 e. The predicted octanol–water partition coefficient (Wildman–Crippen LogP) is 5.49. The zero-order chi connectivity index (χ0) is 18.0. The molecule has 0 radical (unpaired) electrons. The Balaban J connectivity index is 2.27. The first-order valence-electron chi connectivity index (χ1n) is 9.09. The van der Waals surface area contributed by atoms with Gasteiger partial charge in [0.05, 0.1) is 5.69 Å². The van der Waals surface area contributed by atoms with E-state index in [-0.39, 0.29) is 5.41 Å². The van der Waals surface area contributed by atoms with Gasteiger partial charge < -0.3 is 0 Å². The maximum Gasteiger partial charge on any atom is 0.168 e. The average molecular weight is 333 g/mol. The van der Waals surface area contributed by atoms with Crippen LogP contribution in [0.3, 0.4) is 0 Å². The van der Waals surface area contributed by atoms with Gasteiger partial charge in [-0.1, -0.05) is 70.2 Å². The molecule has 3 heteroatoms. The smallest absolute Gasteiger partial charge is 0.168 e. The van der Waals surface area contributed by atoms with Crippen LogP contribution in [0.1, 0.15) is 51.1 Å². The summed E-state index contributed by atoms with van der Waals surface area (Å²) >= 11 is 0. The van der Waals surface area contributed by atoms with E-state index < -0.39 is 0 Å². The maximum atomic E-state index is 4.61. The van der Waals surface area contributed by atoms with Crippen molar-refractivity contribution in [2.75, 3.05) is 0 Å². The standard InChI is InChI=1S/C22H27N3/c1-6-17-13-14-19(16(3)15-17)25-20(18-11-9-8-10-12-18)23-24-21(25)22(4,5)7-2/h8-15H,6-7H2,1-5H3. The summed E-state index contributed by atoms with van der Waals surface area (Å²) in [6, 6.07) is 17.0. The third-order valence-corrected chi connectivity index (χ3v) is 5.09. The summed E-state index contributed by atoms with van der Waals surface area (Å²) in [4.78, 5) is 0. The summed E-state index contributed by atoms with van der Waals surface area (Å²) in [7, 11) is 0. The molecule has 0 aliphatic carbocycles. The molecule has 1 heterocycles. The molecule has 0 aliphatic heterocycles. The van der Waals surface area contributed by atoms with Crippen molar-refractivity contribution in [3.05, 3.63) is 65.5 Å². The van der Waals surface area contributed by atoms with E-state index in [2.05, 4.69) is 79.7 Å². The first-order valence-corrected chi connectivity index (χ1v) is 9.09. The molecule has 0 fully saturated rings. The first kappa shape index (κ1) is 17.4. The highest BCUT2D eigenvalue weighted by Crippen LogP contribution is 2.32. The van der Waals surface area contributed by atoms with Crippen LogP contribution in [-0.2, 0) is 11.8 Å². The van der Waals surface area contributed by atoms with Gasteiger partial charge in [0, 0.05) is 11.0 Å². The minimum atomic E-state index is -0.0457. The summed E-state index contributed by atoms with van der Waals surface area (Å²) in [5.41, 5.74) is 4.82. The molecule has 3 aromatic rings. The van der Waals surface area contributed by atoms with Gasteiger partial charge in [0.2, 0.25) is 0 Å². The lowest BCUT2D eigenvalue weighted by atomic mass is 9.89. The molecule has 25 heavy (non-hydrogen) atoms. The molecule has 0 spiro atoms. The first-order chi connectivity index (χ1) is 12.0. The molecule has 3 rings (SSSR count). The molecule has 0 saturated carbocycles. The molecule has 0 bridgehead atoms. The van der Waals surface area contributed by atoms with E-state index in [9.17, 15) is 0 Å². The SMILES string of the molecule is CCc1ccc(-n2c(-c3ccccc3)nnc2C(C)(C)CC)c(C)c1. The normalized spacial score (nSPS) is 11.7. The lowest BCUT2D eigenvalue weighted by Gasteiger charge is -2.24. The molecule has 0 aliphatic rings. The fourth-order valence-corrected chi connectivity index (χ4v) is 3.07. The van der Waals surface area contributed by atoms with E-state index in [1.165, 1.54) is 11.1 Å². The molecule has 2 aromatic carbocycles.